The van der Waals surface area contributed by atoms with Gasteiger partial charge in [0.25, 0.3) is 0 Å². The first-order chi connectivity index (χ1) is 7.99. The number of rotatable bonds is 2. The van der Waals surface area contributed by atoms with Gasteiger partial charge < -0.3 is 15.6 Å². The molecule has 0 unspecified atom stereocenters. The van der Waals surface area contributed by atoms with Crippen LogP contribution in [0.3, 0.4) is 0 Å². The molecule has 0 aliphatic carbocycles. The SMILES string of the molecule is Cc1onc(Nc2c(N)cc(F)cc2F)c1Br. The molecule has 0 aliphatic rings. The molecule has 1 aromatic carbocycles. The van der Waals surface area contributed by atoms with E-state index in [0.29, 0.717) is 10.2 Å². The Kier molecular flexibility index (Phi) is 3.01. The molecule has 0 bridgehead atoms. The summed E-state index contributed by atoms with van der Waals surface area (Å²) in [6.45, 7) is 1.69. The van der Waals surface area contributed by atoms with Crippen molar-refractivity contribution in [2.24, 2.45) is 0 Å². The van der Waals surface area contributed by atoms with Crippen molar-refractivity contribution in [2.75, 3.05) is 11.1 Å². The van der Waals surface area contributed by atoms with Crippen LogP contribution in [0.25, 0.3) is 0 Å². The first kappa shape index (κ1) is 11.8. The van der Waals surface area contributed by atoms with Crippen LogP contribution >= 0.6 is 15.9 Å². The summed E-state index contributed by atoms with van der Waals surface area (Å²) in [6, 6.07) is 1.76. The average molecular weight is 304 g/mol. The summed E-state index contributed by atoms with van der Waals surface area (Å²) in [5, 5.41) is 6.30. The number of hydrogen-bond donors (Lipinski definition) is 2. The van der Waals surface area contributed by atoms with Crippen LogP contribution in [-0.4, -0.2) is 5.16 Å². The Morgan fingerprint density at radius 2 is 2.12 bits per heavy atom. The lowest BCUT2D eigenvalue weighted by Gasteiger charge is -2.08. The minimum atomic E-state index is -0.796. The number of halogens is 3. The quantitative estimate of drug-likeness (QED) is 0.835. The Bertz CT molecular complexity index is 548. The second kappa shape index (κ2) is 4.33. The molecule has 0 atom stereocenters. The monoisotopic (exact) mass is 303 g/mol. The summed E-state index contributed by atoms with van der Waals surface area (Å²) in [5.74, 6) is -0.718. The summed E-state index contributed by atoms with van der Waals surface area (Å²) < 4.78 is 31.7. The maximum atomic E-state index is 13.5. The van der Waals surface area contributed by atoms with Gasteiger partial charge in [-0.1, -0.05) is 5.16 Å². The number of nitrogens with two attached hydrogens (primary N) is 1. The van der Waals surface area contributed by atoms with Gasteiger partial charge in [0.1, 0.15) is 16.1 Å². The van der Waals surface area contributed by atoms with Crippen LogP contribution in [0, 0.1) is 18.6 Å². The van der Waals surface area contributed by atoms with Gasteiger partial charge in [0, 0.05) is 6.07 Å². The molecule has 0 aliphatic heterocycles. The number of benzene rings is 1. The van der Waals surface area contributed by atoms with Crippen molar-refractivity contribution in [3.05, 3.63) is 34.0 Å². The van der Waals surface area contributed by atoms with Crippen LogP contribution in [0.5, 0.6) is 0 Å². The van der Waals surface area contributed by atoms with Gasteiger partial charge in [0.05, 0.1) is 11.4 Å². The Labute approximate surface area is 104 Å². The van der Waals surface area contributed by atoms with Crippen LogP contribution in [0.1, 0.15) is 5.76 Å². The highest BCUT2D eigenvalue weighted by atomic mass is 79.9. The first-order valence-electron chi connectivity index (χ1n) is 4.62. The van der Waals surface area contributed by atoms with E-state index in [1.807, 2.05) is 0 Å². The minimum Gasteiger partial charge on any atom is -0.397 e. The summed E-state index contributed by atoms with van der Waals surface area (Å²) in [5.41, 5.74) is 5.42. The maximum Gasteiger partial charge on any atom is 0.188 e. The first-order valence-corrected chi connectivity index (χ1v) is 5.41. The van der Waals surface area contributed by atoms with E-state index in [1.54, 1.807) is 6.92 Å². The molecule has 3 N–H and O–H groups in total. The largest absolute Gasteiger partial charge is 0.397 e. The highest BCUT2D eigenvalue weighted by Crippen LogP contribution is 2.32. The fourth-order valence-electron chi connectivity index (χ4n) is 1.28. The van der Waals surface area contributed by atoms with Gasteiger partial charge in [-0.3, -0.25) is 0 Å². The normalized spacial score (nSPS) is 10.6. The van der Waals surface area contributed by atoms with Crippen molar-refractivity contribution >= 4 is 33.1 Å². The predicted octanol–water partition coefficient (Wildman–Crippen LogP) is 3.35. The summed E-state index contributed by atoms with van der Waals surface area (Å²) in [6.07, 6.45) is 0. The fourth-order valence-corrected chi connectivity index (χ4v) is 1.53. The lowest BCUT2D eigenvalue weighted by molar-refractivity contribution is 0.399. The molecular formula is C10H8BrF2N3O. The van der Waals surface area contributed by atoms with Crippen LogP contribution < -0.4 is 11.1 Å². The van der Waals surface area contributed by atoms with Crippen LogP contribution in [-0.2, 0) is 0 Å². The summed E-state index contributed by atoms with van der Waals surface area (Å²) >= 11 is 3.22. The average Bonchev–Trinajstić information content (AvgIpc) is 2.54. The molecule has 0 fully saturated rings. The second-order valence-electron chi connectivity index (χ2n) is 3.38. The second-order valence-corrected chi connectivity index (χ2v) is 4.17. The van der Waals surface area contributed by atoms with Crippen molar-refractivity contribution in [3.63, 3.8) is 0 Å². The Morgan fingerprint density at radius 1 is 1.41 bits per heavy atom. The van der Waals surface area contributed by atoms with E-state index < -0.39 is 11.6 Å². The van der Waals surface area contributed by atoms with Crippen molar-refractivity contribution in [3.8, 4) is 0 Å². The van der Waals surface area contributed by atoms with E-state index in [-0.39, 0.29) is 17.2 Å². The number of aryl methyl sites for hydroxylation is 1. The third-order valence-corrected chi connectivity index (χ3v) is 3.05. The lowest BCUT2D eigenvalue weighted by atomic mass is 10.2. The Balaban J connectivity index is 2.40. The molecule has 0 amide bonds. The smallest absolute Gasteiger partial charge is 0.188 e. The van der Waals surface area contributed by atoms with Gasteiger partial charge in [-0.15, -0.1) is 0 Å². The van der Waals surface area contributed by atoms with Gasteiger partial charge in [-0.05, 0) is 28.9 Å². The highest BCUT2D eigenvalue weighted by molar-refractivity contribution is 9.10. The van der Waals surface area contributed by atoms with Gasteiger partial charge >= 0.3 is 0 Å². The zero-order valence-corrected chi connectivity index (χ0v) is 10.3. The third kappa shape index (κ3) is 2.23. The number of hydrogen-bond acceptors (Lipinski definition) is 4. The molecule has 0 saturated heterocycles. The molecule has 7 heteroatoms. The Morgan fingerprint density at radius 3 is 2.65 bits per heavy atom. The van der Waals surface area contributed by atoms with Crippen LogP contribution in [0.4, 0.5) is 26.0 Å². The highest BCUT2D eigenvalue weighted by Gasteiger charge is 2.14. The minimum absolute atomic E-state index is 0.0413. The van der Waals surface area contributed by atoms with Crippen LogP contribution in [0.2, 0.25) is 0 Å². The standard InChI is InChI=1S/C10H8BrF2N3O/c1-4-8(11)10(16-17-4)15-9-6(13)2-5(12)3-7(9)14/h2-3H,14H2,1H3,(H,15,16). The van der Waals surface area contributed by atoms with Gasteiger partial charge in [-0.25, -0.2) is 8.78 Å². The predicted molar refractivity (Wildman–Crippen MR) is 63.0 cm³/mol. The van der Waals surface area contributed by atoms with E-state index in [1.165, 1.54) is 0 Å². The van der Waals surface area contributed by atoms with E-state index in [2.05, 4.69) is 26.4 Å². The molecule has 2 rings (SSSR count). The topological polar surface area (TPSA) is 64.1 Å². The molecule has 0 saturated carbocycles. The molecule has 17 heavy (non-hydrogen) atoms. The molecule has 0 radical (unpaired) electrons. The van der Waals surface area contributed by atoms with Crippen LogP contribution in [0.15, 0.2) is 21.1 Å². The molecule has 4 nitrogen and oxygen atoms in total. The molecular weight excluding hydrogens is 296 g/mol. The van der Waals surface area contributed by atoms with E-state index >= 15 is 0 Å². The van der Waals surface area contributed by atoms with Gasteiger partial charge in [0.15, 0.2) is 11.6 Å². The molecule has 90 valence electrons. The summed E-state index contributed by atoms with van der Waals surface area (Å²) in [4.78, 5) is 0. The van der Waals surface area contributed by atoms with Crippen molar-refractivity contribution < 1.29 is 13.3 Å². The summed E-state index contributed by atoms with van der Waals surface area (Å²) in [7, 11) is 0. The van der Waals surface area contributed by atoms with Gasteiger partial charge in [0.2, 0.25) is 0 Å². The number of nitrogen functional groups attached to an aromatic ring is 1. The van der Waals surface area contributed by atoms with Crippen molar-refractivity contribution in [1.29, 1.82) is 0 Å². The number of anilines is 3. The van der Waals surface area contributed by atoms with Crippen molar-refractivity contribution in [2.45, 2.75) is 6.92 Å². The number of aromatic nitrogens is 1. The molecule has 1 aromatic heterocycles. The zero-order valence-electron chi connectivity index (χ0n) is 8.72. The third-order valence-electron chi connectivity index (χ3n) is 2.12. The zero-order chi connectivity index (χ0) is 12.6. The maximum absolute atomic E-state index is 13.5. The molecule has 0 spiro atoms. The van der Waals surface area contributed by atoms with E-state index in [4.69, 9.17) is 10.3 Å². The lowest BCUT2D eigenvalue weighted by Crippen LogP contribution is -2.01. The number of nitrogens with zero attached hydrogens (tertiary/aromatic N) is 1. The molecule has 1 heterocycles. The van der Waals surface area contributed by atoms with Gasteiger partial charge in [-0.2, -0.15) is 0 Å². The van der Waals surface area contributed by atoms with Crippen molar-refractivity contribution in [1.82, 2.24) is 5.16 Å². The number of nitrogens with one attached hydrogen (secondary N) is 1. The van der Waals surface area contributed by atoms with E-state index in [9.17, 15) is 8.78 Å². The Hall–Kier alpha value is -1.63. The van der Waals surface area contributed by atoms with E-state index in [0.717, 1.165) is 12.1 Å². The molecule has 2 aromatic rings. The fraction of sp³-hybridized carbons (Fsp3) is 0.100.